The summed E-state index contributed by atoms with van der Waals surface area (Å²) in [5, 5.41) is 11.7. The van der Waals surface area contributed by atoms with Crippen molar-refractivity contribution < 1.29 is 0 Å². The van der Waals surface area contributed by atoms with Crippen molar-refractivity contribution in [2.24, 2.45) is 0 Å². The third-order valence-electron chi connectivity index (χ3n) is 4.05. The van der Waals surface area contributed by atoms with Crippen LogP contribution in [-0.2, 0) is 6.54 Å². The molecule has 1 aliphatic carbocycles. The second-order valence-corrected chi connectivity index (χ2v) is 5.87. The van der Waals surface area contributed by atoms with Crippen LogP contribution in [0.4, 0.5) is 0 Å². The Hall–Kier alpha value is -1.32. The molecule has 1 fully saturated rings. The lowest BCUT2D eigenvalue weighted by Gasteiger charge is -2.22. The largest absolute Gasteiger partial charge is 0.310 e. The number of halogens is 1. The van der Waals surface area contributed by atoms with E-state index in [4.69, 9.17) is 11.6 Å². The van der Waals surface area contributed by atoms with E-state index in [0.717, 1.165) is 22.8 Å². The van der Waals surface area contributed by atoms with E-state index in [9.17, 15) is 0 Å². The van der Waals surface area contributed by atoms with E-state index >= 15 is 0 Å². The number of aromatic amines is 1. The van der Waals surface area contributed by atoms with E-state index in [1.165, 1.54) is 37.7 Å². The first kappa shape index (κ1) is 13.7. The Kier molecular flexibility index (Phi) is 4.38. The molecule has 0 aliphatic heterocycles. The fourth-order valence-electron chi connectivity index (χ4n) is 2.90. The van der Waals surface area contributed by atoms with Gasteiger partial charge in [-0.15, -0.1) is 0 Å². The first-order valence-corrected chi connectivity index (χ1v) is 7.73. The van der Waals surface area contributed by atoms with Crippen LogP contribution in [0, 0.1) is 0 Å². The van der Waals surface area contributed by atoms with E-state index in [1.54, 1.807) is 0 Å². The maximum atomic E-state index is 6.27. The standard InChI is InChI=1S/C16H20ClN3/c17-15-9-5-4-8-14(15)16-12(11-19-20-16)10-18-13-6-2-1-3-7-13/h4-5,8-9,11,13,18H,1-3,6-7,10H2,(H,19,20). The quantitative estimate of drug-likeness (QED) is 0.887. The molecule has 0 amide bonds. The molecule has 1 heterocycles. The molecule has 2 aromatic rings. The summed E-state index contributed by atoms with van der Waals surface area (Å²) in [7, 11) is 0. The molecule has 1 aromatic carbocycles. The average molecular weight is 290 g/mol. The molecule has 106 valence electrons. The lowest BCUT2D eigenvalue weighted by molar-refractivity contribution is 0.372. The van der Waals surface area contributed by atoms with Crippen molar-refractivity contribution in [1.29, 1.82) is 0 Å². The van der Waals surface area contributed by atoms with Gasteiger partial charge in [0.25, 0.3) is 0 Å². The Balaban J connectivity index is 1.72. The summed E-state index contributed by atoms with van der Waals surface area (Å²) in [5.74, 6) is 0. The molecule has 1 saturated carbocycles. The Bertz CT molecular complexity index is 558. The van der Waals surface area contributed by atoms with Crippen molar-refractivity contribution in [2.75, 3.05) is 0 Å². The Morgan fingerprint density at radius 1 is 1.20 bits per heavy atom. The van der Waals surface area contributed by atoms with Crippen LogP contribution in [-0.4, -0.2) is 16.2 Å². The van der Waals surface area contributed by atoms with E-state index in [0.29, 0.717) is 6.04 Å². The number of nitrogens with zero attached hydrogens (tertiary/aromatic N) is 1. The molecule has 20 heavy (non-hydrogen) atoms. The molecule has 0 radical (unpaired) electrons. The lowest BCUT2D eigenvalue weighted by Crippen LogP contribution is -2.30. The zero-order valence-electron chi connectivity index (χ0n) is 11.5. The molecule has 3 nitrogen and oxygen atoms in total. The second kappa shape index (κ2) is 6.42. The van der Waals surface area contributed by atoms with Gasteiger partial charge >= 0.3 is 0 Å². The van der Waals surface area contributed by atoms with Gasteiger partial charge in [0.2, 0.25) is 0 Å². The van der Waals surface area contributed by atoms with Crippen molar-refractivity contribution in [3.8, 4) is 11.3 Å². The van der Waals surface area contributed by atoms with Gasteiger partial charge in [0.1, 0.15) is 0 Å². The predicted octanol–water partition coefficient (Wildman–Crippen LogP) is 4.15. The number of hydrogen-bond donors (Lipinski definition) is 2. The van der Waals surface area contributed by atoms with Gasteiger partial charge in [-0.05, 0) is 18.9 Å². The minimum atomic E-state index is 0.651. The highest BCUT2D eigenvalue weighted by atomic mass is 35.5. The zero-order valence-corrected chi connectivity index (χ0v) is 12.3. The van der Waals surface area contributed by atoms with Crippen LogP contribution in [0.1, 0.15) is 37.7 Å². The molecule has 4 heteroatoms. The Labute approximate surface area is 124 Å². The highest BCUT2D eigenvalue weighted by molar-refractivity contribution is 6.33. The maximum absolute atomic E-state index is 6.27. The molecule has 0 saturated heterocycles. The van der Waals surface area contributed by atoms with Crippen molar-refractivity contribution in [3.05, 3.63) is 41.0 Å². The number of nitrogens with one attached hydrogen (secondary N) is 2. The zero-order chi connectivity index (χ0) is 13.8. The smallest absolute Gasteiger partial charge is 0.0710 e. The normalized spacial score (nSPS) is 16.4. The molecule has 1 aliphatic rings. The van der Waals surface area contributed by atoms with Crippen LogP contribution >= 0.6 is 11.6 Å². The van der Waals surface area contributed by atoms with Gasteiger partial charge in [-0.2, -0.15) is 5.10 Å². The van der Waals surface area contributed by atoms with Crippen LogP contribution in [0.15, 0.2) is 30.5 Å². The highest BCUT2D eigenvalue weighted by Gasteiger charge is 2.15. The number of aromatic nitrogens is 2. The topological polar surface area (TPSA) is 40.7 Å². The summed E-state index contributed by atoms with van der Waals surface area (Å²) in [6, 6.07) is 8.54. The molecule has 1 aromatic heterocycles. The highest BCUT2D eigenvalue weighted by Crippen LogP contribution is 2.28. The van der Waals surface area contributed by atoms with E-state index in [-0.39, 0.29) is 0 Å². The van der Waals surface area contributed by atoms with E-state index in [2.05, 4.69) is 15.5 Å². The molecule has 2 N–H and O–H groups in total. The van der Waals surface area contributed by atoms with Gasteiger partial charge in [0.05, 0.1) is 11.9 Å². The summed E-state index contributed by atoms with van der Waals surface area (Å²) in [6.45, 7) is 0.849. The fourth-order valence-corrected chi connectivity index (χ4v) is 3.13. The SMILES string of the molecule is Clc1ccccc1-c1[nH]ncc1CNC1CCCCC1. The summed E-state index contributed by atoms with van der Waals surface area (Å²) in [5.41, 5.74) is 3.23. The third-order valence-corrected chi connectivity index (χ3v) is 4.38. The molecule has 0 unspecified atom stereocenters. The first-order chi connectivity index (χ1) is 9.84. The van der Waals surface area contributed by atoms with Crippen LogP contribution in [0.3, 0.4) is 0 Å². The number of rotatable bonds is 4. The van der Waals surface area contributed by atoms with Crippen molar-refractivity contribution in [3.63, 3.8) is 0 Å². The molecule has 0 bridgehead atoms. The Morgan fingerprint density at radius 3 is 2.80 bits per heavy atom. The van der Waals surface area contributed by atoms with Gasteiger partial charge in [-0.3, -0.25) is 5.10 Å². The van der Waals surface area contributed by atoms with Crippen molar-refractivity contribution in [2.45, 2.75) is 44.7 Å². The Morgan fingerprint density at radius 2 is 2.00 bits per heavy atom. The minimum Gasteiger partial charge on any atom is -0.310 e. The molecular weight excluding hydrogens is 270 g/mol. The van der Waals surface area contributed by atoms with E-state index < -0.39 is 0 Å². The van der Waals surface area contributed by atoms with Gasteiger partial charge in [0.15, 0.2) is 0 Å². The molecular formula is C16H20ClN3. The van der Waals surface area contributed by atoms with Crippen molar-refractivity contribution in [1.82, 2.24) is 15.5 Å². The summed E-state index contributed by atoms with van der Waals surface area (Å²) >= 11 is 6.27. The van der Waals surface area contributed by atoms with Gasteiger partial charge in [-0.1, -0.05) is 49.1 Å². The van der Waals surface area contributed by atoms with Gasteiger partial charge < -0.3 is 5.32 Å². The van der Waals surface area contributed by atoms with Crippen molar-refractivity contribution >= 4 is 11.6 Å². The molecule has 3 rings (SSSR count). The number of H-pyrrole nitrogens is 1. The van der Waals surface area contributed by atoms with Crippen LogP contribution in [0.5, 0.6) is 0 Å². The van der Waals surface area contributed by atoms with Gasteiger partial charge in [-0.25, -0.2) is 0 Å². The second-order valence-electron chi connectivity index (χ2n) is 5.47. The summed E-state index contributed by atoms with van der Waals surface area (Å²) < 4.78 is 0. The summed E-state index contributed by atoms with van der Waals surface area (Å²) in [4.78, 5) is 0. The molecule has 0 atom stereocenters. The maximum Gasteiger partial charge on any atom is 0.0710 e. The molecule has 0 spiro atoms. The third kappa shape index (κ3) is 3.05. The summed E-state index contributed by atoms with van der Waals surface area (Å²) in [6.07, 6.45) is 8.56. The van der Waals surface area contributed by atoms with Crippen LogP contribution in [0.2, 0.25) is 5.02 Å². The minimum absolute atomic E-state index is 0.651. The predicted molar refractivity (Wildman–Crippen MR) is 82.7 cm³/mol. The lowest BCUT2D eigenvalue weighted by atomic mass is 9.95. The van der Waals surface area contributed by atoms with Crippen LogP contribution in [0.25, 0.3) is 11.3 Å². The van der Waals surface area contributed by atoms with E-state index in [1.807, 2.05) is 30.5 Å². The van der Waals surface area contributed by atoms with Gasteiger partial charge in [0, 0.05) is 28.7 Å². The number of hydrogen-bond acceptors (Lipinski definition) is 2. The first-order valence-electron chi connectivity index (χ1n) is 7.35. The van der Waals surface area contributed by atoms with Crippen LogP contribution < -0.4 is 5.32 Å². The number of benzene rings is 1. The average Bonchev–Trinajstić information content (AvgIpc) is 2.95. The fraction of sp³-hybridized carbons (Fsp3) is 0.438. The monoisotopic (exact) mass is 289 g/mol.